The summed E-state index contributed by atoms with van der Waals surface area (Å²) < 4.78 is 27.0. The highest BCUT2D eigenvalue weighted by molar-refractivity contribution is 5.90. The van der Waals surface area contributed by atoms with Crippen molar-refractivity contribution in [3.05, 3.63) is 79.4 Å². The van der Waals surface area contributed by atoms with E-state index in [-0.39, 0.29) is 5.97 Å². The van der Waals surface area contributed by atoms with Crippen molar-refractivity contribution in [2.24, 2.45) is 0 Å². The lowest BCUT2D eigenvalue weighted by molar-refractivity contribution is -0.138. The van der Waals surface area contributed by atoms with Gasteiger partial charge in [-0.15, -0.1) is 0 Å². The summed E-state index contributed by atoms with van der Waals surface area (Å²) in [6, 6.07) is 14.7. The van der Waals surface area contributed by atoms with Crippen molar-refractivity contribution in [2.45, 2.75) is 38.5 Å². The molecule has 3 aromatic rings. The van der Waals surface area contributed by atoms with Crippen LogP contribution < -0.4 is 4.74 Å². The number of furan rings is 1. The lowest BCUT2D eigenvalue weighted by atomic mass is 10.1. The van der Waals surface area contributed by atoms with Gasteiger partial charge < -0.3 is 23.4 Å². The van der Waals surface area contributed by atoms with Gasteiger partial charge in [-0.1, -0.05) is 25.3 Å². The van der Waals surface area contributed by atoms with Gasteiger partial charge in [0, 0.05) is 29.2 Å². The molecule has 0 atom stereocenters. The molecule has 0 fully saturated rings. The van der Waals surface area contributed by atoms with Crippen molar-refractivity contribution in [3.63, 3.8) is 0 Å². The Kier molecular flexibility index (Phi) is 11.9. The Balaban J connectivity index is 1.41. The standard InChI is InChI=1S/C31H34O8/c1-3-29(32)36-18-7-5-6-8-20-38-31(34)24-13-11-23(12-14-24)27-21-25-15-16-26(22-28(25)39-27)35-17-9-10-19-37-30(33)4-2/h3-4,11-16,21-22H,1-2,5-10,17-20H2. The van der Waals surface area contributed by atoms with Gasteiger partial charge in [0.15, 0.2) is 0 Å². The molecular weight excluding hydrogens is 500 g/mol. The minimum absolute atomic E-state index is 0.337. The highest BCUT2D eigenvalue weighted by atomic mass is 16.5. The zero-order chi connectivity index (χ0) is 27.9. The lowest BCUT2D eigenvalue weighted by Crippen LogP contribution is -2.06. The average Bonchev–Trinajstić information content (AvgIpc) is 3.39. The summed E-state index contributed by atoms with van der Waals surface area (Å²) in [7, 11) is 0. The maximum absolute atomic E-state index is 12.4. The van der Waals surface area contributed by atoms with Crippen LogP contribution >= 0.6 is 0 Å². The first-order valence-electron chi connectivity index (χ1n) is 13.0. The fraction of sp³-hybridized carbons (Fsp3) is 0.323. The summed E-state index contributed by atoms with van der Waals surface area (Å²) in [5.41, 5.74) is 2.02. The first-order chi connectivity index (χ1) is 19.0. The maximum atomic E-state index is 12.4. The maximum Gasteiger partial charge on any atom is 0.338 e. The molecule has 0 saturated carbocycles. The van der Waals surface area contributed by atoms with Gasteiger partial charge in [-0.2, -0.15) is 0 Å². The summed E-state index contributed by atoms with van der Waals surface area (Å²) in [6.45, 7) is 8.25. The molecule has 8 nitrogen and oxygen atoms in total. The zero-order valence-corrected chi connectivity index (χ0v) is 22.0. The number of fused-ring (bicyclic) bond motifs is 1. The van der Waals surface area contributed by atoms with Crippen LogP contribution in [-0.4, -0.2) is 44.3 Å². The van der Waals surface area contributed by atoms with E-state index in [0.29, 0.717) is 55.5 Å². The Hall–Kier alpha value is -4.33. The van der Waals surface area contributed by atoms with Gasteiger partial charge in [0.1, 0.15) is 17.1 Å². The van der Waals surface area contributed by atoms with Gasteiger partial charge >= 0.3 is 17.9 Å². The highest BCUT2D eigenvalue weighted by Crippen LogP contribution is 2.30. The summed E-state index contributed by atoms with van der Waals surface area (Å²) in [5, 5.41) is 0.941. The molecule has 1 aromatic heterocycles. The number of carbonyl (C=O) groups is 3. The normalized spacial score (nSPS) is 10.6. The summed E-state index contributed by atoms with van der Waals surface area (Å²) in [6.07, 6.45) is 7.02. The van der Waals surface area contributed by atoms with Crippen molar-refractivity contribution in [1.29, 1.82) is 0 Å². The Morgan fingerprint density at radius 3 is 1.92 bits per heavy atom. The SMILES string of the molecule is C=CC(=O)OCCCCCCOC(=O)c1ccc(-c2cc3ccc(OCCCCOC(=O)C=C)cc3o2)cc1. The molecule has 39 heavy (non-hydrogen) atoms. The molecule has 2 aromatic carbocycles. The largest absolute Gasteiger partial charge is 0.493 e. The highest BCUT2D eigenvalue weighted by Gasteiger charge is 2.11. The minimum atomic E-state index is -0.421. The van der Waals surface area contributed by atoms with Gasteiger partial charge in [0.25, 0.3) is 0 Å². The predicted octanol–water partition coefficient (Wildman–Crippen LogP) is 6.43. The van der Waals surface area contributed by atoms with Crippen LogP contribution in [-0.2, 0) is 23.8 Å². The number of carbonyl (C=O) groups excluding carboxylic acids is 3. The molecule has 206 valence electrons. The van der Waals surface area contributed by atoms with Crippen LogP contribution in [0.1, 0.15) is 48.9 Å². The molecule has 0 spiro atoms. The van der Waals surface area contributed by atoms with Gasteiger partial charge in [0.05, 0.1) is 32.0 Å². The van der Waals surface area contributed by atoms with Crippen LogP contribution in [0, 0.1) is 0 Å². The quantitative estimate of drug-likeness (QED) is 0.0845. The third-order valence-corrected chi connectivity index (χ3v) is 5.80. The second-order valence-corrected chi connectivity index (χ2v) is 8.74. The smallest absolute Gasteiger partial charge is 0.338 e. The number of hydrogen-bond acceptors (Lipinski definition) is 8. The molecule has 0 saturated heterocycles. The molecule has 0 radical (unpaired) electrons. The van der Waals surface area contributed by atoms with E-state index in [2.05, 4.69) is 13.2 Å². The van der Waals surface area contributed by atoms with E-state index in [1.54, 1.807) is 12.1 Å². The van der Waals surface area contributed by atoms with Crippen molar-refractivity contribution in [3.8, 4) is 17.1 Å². The lowest BCUT2D eigenvalue weighted by Gasteiger charge is -2.06. The molecule has 1 heterocycles. The second-order valence-electron chi connectivity index (χ2n) is 8.74. The van der Waals surface area contributed by atoms with E-state index in [0.717, 1.165) is 55.2 Å². The second kappa shape index (κ2) is 15.8. The molecule has 0 aliphatic carbocycles. The molecule has 0 N–H and O–H groups in total. The number of hydrogen-bond donors (Lipinski definition) is 0. The Morgan fingerprint density at radius 2 is 1.28 bits per heavy atom. The van der Waals surface area contributed by atoms with Gasteiger partial charge in [-0.25, -0.2) is 14.4 Å². The molecule has 0 amide bonds. The molecular formula is C31H34O8. The number of benzene rings is 2. The third kappa shape index (κ3) is 9.81. The van der Waals surface area contributed by atoms with E-state index < -0.39 is 11.9 Å². The average molecular weight is 535 g/mol. The minimum Gasteiger partial charge on any atom is -0.493 e. The van der Waals surface area contributed by atoms with Crippen molar-refractivity contribution in [1.82, 2.24) is 0 Å². The van der Waals surface area contributed by atoms with Crippen LogP contribution in [0.25, 0.3) is 22.3 Å². The third-order valence-electron chi connectivity index (χ3n) is 5.80. The molecule has 8 heteroatoms. The molecule has 0 aliphatic rings. The van der Waals surface area contributed by atoms with Crippen LogP contribution in [0.4, 0.5) is 0 Å². The first kappa shape index (κ1) is 29.2. The zero-order valence-electron chi connectivity index (χ0n) is 22.0. The van der Waals surface area contributed by atoms with E-state index >= 15 is 0 Å². The Morgan fingerprint density at radius 1 is 0.692 bits per heavy atom. The van der Waals surface area contributed by atoms with E-state index in [1.165, 1.54) is 0 Å². The van der Waals surface area contributed by atoms with Crippen LogP contribution in [0.5, 0.6) is 5.75 Å². The predicted molar refractivity (Wildman–Crippen MR) is 147 cm³/mol. The fourth-order valence-corrected chi connectivity index (χ4v) is 3.68. The van der Waals surface area contributed by atoms with Crippen LogP contribution in [0.2, 0.25) is 0 Å². The van der Waals surface area contributed by atoms with Crippen LogP contribution in [0.15, 0.2) is 78.3 Å². The number of esters is 3. The van der Waals surface area contributed by atoms with E-state index in [4.69, 9.17) is 23.4 Å². The van der Waals surface area contributed by atoms with Gasteiger partial charge in [0.2, 0.25) is 0 Å². The molecule has 0 unspecified atom stereocenters. The first-order valence-corrected chi connectivity index (χ1v) is 13.0. The number of rotatable bonds is 17. The molecule has 3 rings (SSSR count). The number of unbranched alkanes of at least 4 members (excludes halogenated alkanes) is 4. The van der Waals surface area contributed by atoms with Gasteiger partial charge in [-0.05, 0) is 68.9 Å². The molecule has 0 aliphatic heterocycles. The summed E-state index contributed by atoms with van der Waals surface area (Å²) >= 11 is 0. The van der Waals surface area contributed by atoms with Crippen LogP contribution in [0.3, 0.4) is 0 Å². The fourth-order valence-electron chi connectivity index (χ4n) is 3.68. The Bertz CT molecular complexity index is 1260. The Labute approximate surface area is 228 Å². The monoisotopic (exact) mass is 534 g/mol. The topological polar surface area (TPSA) is 101 Å². The van der Waals surface area contributed by atoms with Crippen molar-refractivity contribution < 1.29 is 37.7 Å². The van der Waals surface area contributed by atoms with Gasteiger partial charge in [-0.3, -0.25) is 0 Å². The van der Waals surface area contributed by atoms with Crippen molar-refractivity contribution in [2.75, 3.05) is 26.4 Å². The molecule has 0 bridgehead atoms. The summed E-state index contributed by atoms with van der Waals surface area (Å²) in [4.78, 5) is 34.3. The summed E-state index contributed by atoms with van der Waals surface area (Å²) in [5.74, 6) is 0.177. The van der Waals surface area contributed by atoms with E-state index in [9.17, 15) is 14.4 Å². The van der Waals surface area contributed by atoms with Crippen molar-refractivity contribution >= 4 is 28.9 Å². The van der Waals surface area contributed by atoms with E-state index in [1.807, 2.05) is 36.4 Å². The number of ether oxygens (including phenoxy) is 4.